The zero-order chi connectivity index (χ0) is 21.4. The van der Waals surface area contributed by atoms with Gasteiger partial charge in [0.1, 0.15) is 0 Å². The van der Waals surface area contributed by atoms with Gasteiger partial charge in [-0.3, -0.25) is 19.6 Å². The summed E-state index contributed by atoms with van der Waals surface area (Å²) in [6.07, 6.45) is 5.86. The second-order valence-corrected chi connectivity index (χ2v) is 9.52. The molecule has 0 saturated carbocycles. The number of likely N-dealkylation sites (tertiary alicyclic amines) is 1. The maximum Gasteiger partial charge on any atom is 0.235 e. The quantitative estimate of drug-likeness (QED) is 0.687. The van der Waals surface area contributed by atoms with Crippen LogP contribution in [0.5, 0.6) is 0 Å². The van der Waals surface area contributed by atoms with E-state index in [9.17, 15) is 9.59 Å². The van der Waals surface area contributed by atoms with E-state index in [4.69, 9.17) is 5.10 Å². The number of piperidine rings is 3. The predicted molar refractivity (Wildman–Crippen MR) is 127 cm³/mol. The molecule has 3 saturated heterocycles. The highest BCUT2D eigenvalue weighted by atomic mass is 35.5. The van der Waals surface area contributed by atoms with Gasteiger partial charge in [0.25, 0.3) is 0 Å². The molecule has 1 aromatic carbocycles. The molecule has 1 aromatic heterocycles. The zero-order valence-corrected chi connectivity index (χ0v) is 19.6. The van der Waals surface area contributed by atoms with Crippen LogP contribution in [0.3, 0.4) is 0 Å². The number of fused-ring (bicyclic) bond motifs is 1. The molecule has 4 heterocycles. The number of aryl methyl sites for hydroxylation is 1. The Morgan fingerprint density at radius 2 is 1.81 bits per heavy atom. The van der Waals surface area contributed by atoms with Gasteiger partial charge in [-0.25, -0.2) is 0 Å². The monoisotopic (exact) mass is 459 g/mol. The Morgan fingerprint density at radius 1 is 1.06 bits per heavy atom. The van der Waals surface area contributed by atoms with Gasteiger partial charge < -0.3 is 10.2 Å². The third-order valence-corrected chi connectivity index (χ3v) is 7.50. The van der Waals surface area contributed by atoms with Crippen molar-refractivity contribution in [3.05, 3.63) is 29.5 Å². The number of amides is 2. The van der Waals surface area contributed by atoms with Gasteiger partial charge in [0, 0.05) is 25.4 Å². The molecule has 5 rings (SSSR count). The van der Waals surface area contributed by atoms with Crippen molar-refractivity contribution in [3.8, 4) is 0 Å². The summed E-state index contributed by atoms with van der Waals surface area (Å²) < 4.78 is 1.95. The molecular formula is C24H34ClN5O2. The summed E-state index contributed by atoms with van der Waals surface area (Å²) in [5.41, 5.74) is 3.32. The van der Waals surface area contributed by atoms with E-state index in [2.05, 4.69) is 33.7 Å². The number of hydrogen-bond donors (Lipinski definition) is 2. The Morgan fingerprint density at radius 3 is 2.53 bits per heavy atom. The molecule has 2 N–H and O–H groups in total. The summed E-state index contributed by atoms with van der Waals surface area (Å²) in [6, 6.07) is 6.43. The van der Waals surface area contributed by atoms with Gasteiger partial charge in [0.05, 0.1) is 17.1 Å². The average Bonchev–Trinajstić information content (AvgIpc) is 3.12. The molecule has 32 heavy (non-hydrogen) atoms. The molecule has 0 radical (unpaired) electrons. The van der Waals surface area contributed by atoms with Crippen molar-refractivity contribution in [1.82, 2.24) is 25.3 Å². The Hall–Kier alpha value is -1.96. The first kappa shape index (κ1) is 23.2. The fourth-order valence-corrected chi connectivity index (χ4v) is 5.79. The number of carbonyl (C=O) groups excluding carboxylic acids is 2. The van der Waals surface area contributed by atoms with Gasteiger partial charge >= 0.3 is 0 Å². The van der Waals surface area contributed by atoms with E-state index in [1.807, 2.05) is 11.7 Å². The lowest BCUT2D eigenvalue weighted by atomic mass is 9.86. The normalized spacial score (nSPS) is 23.8. The van der Waals surface area contributed by atoms with Crippen LogP contribution >= 0.6 is 12.4 Å². The van der Waals surface area contributed by atoms with Crippen molar-refractivity contribution >= 4 is 35.1 Å². The summed E-state index contributed by atoms with van der Waals surface area (Å²) in [5, 5.41) is 11.8. The standard InChI is InChI=1S/C24H33N5O2.ClH/c1-28-23-18(17-9-13-29(14-10-17)15-16-7-11-25-12-8-16)3-2-4-19(23)22(27-28)20-5-6-21(30)26-24(20)31;/h2-4,16-17,20,25H,5-15H2,1H3,(H,26,30,31);1H. The van der Waals surface area contributed by atoms with Gasteiger partial charge in [-0.2, -0.15) is 5.10 Å². The van der Waals surface area contributed by atoms with Crippen molar-refractivity contribution in [2.75, 3.05) is 32.7 Å². The van der Waals surface area contributed by atoms with E-state index < -0.39 is 0 Å². The van der Waals surface area contributed by atoms with Crippen molar-refractivity contribution < 1.29 is 9.59 Å². The number of aromatic nitrogens is 2. The summed E-state index contributed by atoms with van der Waals surface area (Å²) in [4.78, 5) is 26.7. The molecule has 8 heteroatoms. The molecule has 3 aliphatic rings. The topological polar surface area (TPSA) is 79.3 Å². The highest BCUT2D eigenvalue weighted by Gasteiger charge is 2.33. The minimum Gasteiger partial charge on any atom is -0.317 e. The molecule has 3 fully saturated rings. The number of nitrogens with zero attached hydrogens (tertiary/aromatic N) is 3. The SMILES string of the molecule is Cl.Cn1nc(C2CCC(=O)NC2=O)c2cccc(C3CCN(CC4CCNCC4)CC3)c21. The molecule has 1 atom stereocenters. The summed E-state index contributed by atoms with van der Waals surface area (Å²) in [5.74, 6) is 0.627. The number of rotatable bonds is 4. The highest BCUT2D eigenvalue weighted by Crippen LogP contribution is 2.37. The summed E-state index contributed by atoms with van der Waals surface area (Å²) in [6.45, 7) is 5.88. The Kier molecular flexibility index (Phi) is 7.17. The Labute approximate surface area is 195 Å². The number of benzene rings is 1. The minimum atomic E-state index is -0.344. The lowest BCUT2D eigenvalue weighted by molar-refractivity contribution is -0.134. The van der Waals surface area contributed by atoms with Crippen molar-refractivity contribution in [3.63, 3.8) is 0 Å². The third kappa shape index (κ3) is 4.56. The predicted octanol–water partition coefficient (Wildman–Crippen LogP) is 2.69. The van der Waals surface area contributed by atoms with Crippen LogP contribution in [0.15, 0.2) is 18.2 Å². The maximum absolute atomic E-state index is 12.5. The molecule has 0 aliphatic carbocycles. The molecule has 0 bridgehead atoms. The van der Waals surface area contributed by atoms with Crippen LogP contribution in [0.25, 0.3) is 10.9 Å². The van der Waals surface area contributed by atoms with Crippen LogP contribution in [0.2, 0.25) is 0 Å². The van der Waals surface area contributed by atoms with Crippen molar-refractivity contribution in [2.45, 2.75) is 50.4 Å². The van der Waals surface area contributed by atoms with E-state index in [0.717, 1.165) is 35.6 Å². The van der Waals surface area contributed by atoms with Crippen molar-refractivity contribution in [2.24, 2.45) is 13.0 Å². The van der Waals surface area contributed by atoms with Gasteiger partial charge in [0.15, 0.2) is 0 Å². The second-order valence-electron chi connectivity index (χ2n) is 9.52. The van der Waals surface area contributed by atoms with Gasteiger partial charge in [-0.05, 0) is 75.7 Å². The number of carbonyl (C=O) groups is 2. The van der Waals surface area contributed by atoms with E-state index in [1.54, 1.807) is 0 Å². The minimum absolute atomic E-state index is 0. The number of nitrogens with one attached hydrogen (secondary N) is 2. The van der Waals surface area contributed by atoms with Gasteiger partial charge in [0.2, 0.25) is 11.8 Å². The van der Waals surface area contributed by atoms with E-state index in [-0.39, 0.29) is 30.1 Å². The molecular weight excluding hydrogens is 426 g/mol. The number of imide groups is 1. The smallest absolute Gasteiger partial charge is 0.235 e. The van der Waals surface area contributed by atoms with Crippen LogP contribution < -0.4 is 10.6 Å². The first-order chi connectivity index (χ1) is 15.1. The van der Waals surface area contributed by atoms with Crippen LogP contribution in [-0.2, 0) is 16.6 Å². The van der Waals surface area contributed by atoms with Crippen molar-refractivity contribution in [1.29, 1.82) is 0 Å². The van der Waals surface area contributed by atoms with Crippen LogP contribution in [-0.4, -0.2) is 59.2 Å². The summed E-state index contributed by atoms with van der Waals surface area (Å²) >= 11 is 0. The molecule has 3 aliphatic heterocycles. The fourth-order valence-electron chi connectivity index (χ4n) is 5.79. The molecule has 2 amide bonds. The van der Waals surface area contributed by atoms with Gasteiger partial charge in [-0.15, -0.1) is 12.4 Å². The molecule has 174 valence electrons. The zero-order valence-electron chi connectivity index (χ0n) is 18.8. The number of hydrogen-bond acceptors (Lipinski definition) is 5. The van der Waals surface area contributed by atoms with Crippen LogP contribution in [0.4, 0.5) is 0 Å². The Bertz CT molecular complexity index is 976. The third-order valence-electron chi connectivity index (χ3n) is 7.50. The largest absolute Gasteiger partial charge is 0.317 e. The van der Waals surface area contributed by atoms with Crippen LogP contribution in [0, 0.1) is 5.92 Å². The molecule has 2 aromatic rings. The number of halogens is 1. The van der Waals surface area contributed by atoms with Crippen LogP contribution in [0.1, 0.15) is 61.6 Å². The fraction of sp³-hybridized carbons (Fsp3) is 0.625. The second kappa shape index (κ2) is 9.89. The van der Waals surface area contributed by atoms with E-state index >= 15 is 0 Å². The van der Waals surface area contributed by atoms with E-state index in [1.165, 1.54) is 50.9 Å². The maximum atomic E-state index is 12.5. The Balaban J connectivity index is 0.00000245. The van der Waals surface area contributed by atoms with E-state index in [0.29, 0.717) is 18.8 Å². The lowest BCUT2D eigenvalue weighted by Gasteiger charge is -2.35. The molecule has 7 nitrogen and oxygen atoms in total. The number of para-hydroxylation sites is 1. The first-order valence-electron chi connectivity index (χ1n) is 11.8. The molecule has 1 unspecified atom stereocenters. The average molecular weight is 460 g/mol. The summed E-state index contributed by atoms with van der Waals surface area (Å²) in [7, 11) is 1.98. The lowest BCUT2D eigenvalue weighted by Crippen LogP contribution is -2.40. The molecule has 0 spiro atoms. The van der Waals surface area contributed by atoms with Gasteiger partial charge in [-0.1, -0.05) is 18.2 Å². The highest BCUT2D eigenvalue weighted by molar-refractivity contribution is 6.02. The first-order valence-corrected chi connectivity index (χ1v) is 11.8.